The van der Waals surface area contributed by atoms with Gasteiger partial charge in [-0.15, -0.1) is 90.7 Å². The van der Waals surface area contributed by atoms with E-state index >= 15 is 0 Å². The third-order valence-electron chi connectivity index (χ3n) is 8.49. The number of thiophene rings is 8. The van der Waals surface area contributed by atoms with Gasteiger partial charge in [-0.05, 0) is 120 Å². The second-order valence-electron chi connectivity index (χ2n) is 11.7. The summed E-state index contributed by atoms with van der Waals surface area (Å²) in [4.78, 5) is 24.5. The molecular weight excluding hydrogens is 1090 g/mol. The zero-order valence-corrected chi connectivity index (χ0v) is 39.7. The van der Waals surface area contributed by atoms with Crippen LogP contribution < -0.4 is 0 Å². The Bertz CT molecular complexity index is 3060. The summed E-state index contributed by atoms with van der Waals surface area (Å²) in [6, 6.07) is 12.5. The van der Waals surface area contributed by atoms with Crippen molar-refractivity contribution in [2.24, 2.45) is 0 Å². The molecule has 0 bridgehead atoms. The molecule has 2 aromatic carbocycles. The van der Waals surface area contributed by atoms with Crippen LogP contribution in [0.5, 0.6) is 0 Å². The van der Waals surface area contributed by atoms with Crippen LogP contribution in [0, 0.1) is 0 Å². The van der Waals surface area contributed by atoms with Gasteiger partial charge in [0.25, 0.3) is 0 Å². The minimum absolute atomic E-state index is 0.230. The quantitative estimate of drug-likeness (QED) is 0.179. The number of benzene rings is 2. The summed E-state index contributed by atoms with van der Waals surface area (Å²) in [6.07, 6.45) is 2.56. The van der Waals surface area contributed by atoms with Gasteiger partial charge in [0, 0.05) is 64.3 Å². The highest BCUT2D eigenvalue weighted by Crippen LogP contribution is 2.53. The van der Waals surface area contributed by atoms with E-state index in [0.29, 0.717) is 16.4 Å². The number of carboxylic acid groups (broad SMARTS) is 1. The number of carboxylic acids is 1. The van der Waals surface area contributed by atoms with Gasteiger partial charge in [-0.25, -0.2) is 9.59 Å². The summed E-state index contributed by atoms with van der Waals surface area (Å²) in [7, 11) is 0. The highest BCUT2D eigenvalue weighted by Gasteiger charge is 2.23. The Kier molecular flexibility index (Phi) is 10.6. The highest BCUT2D eigenvalue weighted by atomic mass is 79.9. The lowest BCUT2D eigenvalue weighted by molar-refractivity contribution is 0.0531. The van der Waals surface area contributed by atoms with Gasteiger partial charge in [-0.2, -0.15) is 0 Å². The summed E-state index contributed by atoms with van der Waals surface area (Å²) < 4.78 is 26.8. The molecule has 0 atom stereocenters. The molecule has 1 fully saturated rings. The first-order valence-corrected chi connectivity index (χ1v) is 25.6. The fourth-order valence-electron chi connectivity index (χ4n) is 6.39. The molecule has 0 saturated carbocycles. The molecule has 0 aliphatic carbocycles. The number of halogens is 4. The molecular formula is C36H20Br4O5S8. The summed E-state index contributed by atoms with van der Waals surface area (Å²) in [5, 5.41) is 16.7. The standard InChI is InChI=1S/C17H8Br2O2S4.C15H4Br2O2S4.C4H8O/c1-2-21-17(20)9-5-8-16(23-9)12-6-3-10(18)24-14(6)15-7(13(12)22-8)4-11(19)25-15;16-8-1-4-10-11(5-2-9(17)23-13(5)12(4)22-8)20-6-3-7(15(18)19)21-14(6)10;1-2-4-5-3-1/h3-5H,2H2,1H3;1-3H,(H,18,19);1-4H2. The smallest absolute Gasteiger partial charge is 0.348 e. The van der Waals surface area contributed by atoms with Crippen molar-refractivity contribution in [1.82, 2.24) is 0 Å². The highest BCUT2D eigenvalue weighted by molar-refractivity contribution is 9.11. The first-order chi connectivity index (χ1) is 25.6. The number of fused-ring (bicyclic) bond motifs is 16. The number of aromatic carboxylic acids is 1. The molecule has 0 radical (unpaired) electrons. The Morgan fingerprint density at radius 2 is 1.00 bits per heavy atom. The van der Waals surface area contributed by atoms with Gasteiger partial charge < -0.3 is 14.6 Å². The monoisotopic (exact) mass is 1100 g/mol. The van der Waals surface area contributed by atoms with Gasteiger partial charge in [0.2, 0.25) is 0 Å². The van der Waals surface area contributed by atoms with Crippen LogP contribution in [0.15, 0.2) is 51.5 Å². The number of hydrogen-bond donors (Lipinski definition) is 1. The molecule has 53 heavy (non-hydrogen) atoms. The van der Waals surface area contributed by atoms with Crippen LogP contribution in [0.3, 0.4) is 0 Å². The van der Waals surface area contributed by atoms with Crippen LogP contribution in [-0.4, -0.2) is 36.9 Å². The predicted molar refractivity (Wildman–Crippen MR) is 250 cm³/mol. The molecule has 1 aliphatic rings. The predicted octanol–water partition coefficient (Wildman–Crippen LogP) is 16.8. The fraction of sp³-hybridized carbons (Fsp3) is 0.167. The molecule has 0 unspecified atom stereocenters. The van der Waals surface area contributed by atoms with Crippen molar-refractivity contribution < 1.29 is 24.2 Å². The Morgan fingerprint density at radius 1 is 0.585 bits per heavy atom. The largest absolute Gasteiger partial charge is 0.477 e. The second-order valence-corrected chi connectivity index (χ2v) is 25.7. The minimum atomic E-state index is -0.853. The van der Waals surface area contributed by atoms with Crippen molar-refractivity contribution in [3.05, 3.63) is 61.3 Å². The lowest BCUT2D eigenvalue weighted by Crippen LogP contribution is -2.01. The van der Waals surface area contributed by atoms with E-state index in [1.165, 1.54) is 101 Å². The van der Waals surface area contributed by atoms with Crippen LogP contribution in [0.1, 0.15) is 39.1 Å². The fourth-order valence-corrected chi connectivity index (χ4v) is 18.4. The minimum Gasteiger partial charge on any atom is -0.477 e. The molecule has 10 aromatic rings. The van der Waals surface area contributed by atoms with Crippen LogP contribution in [0.25, 0.3) is 79.3 Å². The number of ether oxygens (including phenoxy) is 2. The van der Waals surface area contributed by atoms with Gasteiger partial charge in [0.15, 0.2) is 0 Å². The van der Waals surface area contributed by atoms with E-state index < -0.39 is 5.97 Å². The van der Waals surface area contributed by atoms with Gasteiger partial charge in [-0.3, -0.25) is 0 Å². The Morgan fingerprint density at radius 3 is 1.42 bits per heavy atom. The first kappa shape index (κ1) is 37.5. The summed E-state index contributed by atoms with van der Waals surface area (Å²) in [5.41, 5.74) is 0. The van der Waals surface area contributed by atoms with Gasteiger partial charge in [0.1, 0.15) is 9.75 Å². The van der Waals surface area contributed by atoms with E-state index in [1.807, 2.05) is 13.0 Å². The number of carbonyl (C=O) groups excluding carboxylic acids is 1. The summed E-state index contributed by atoms with van der Waals surface area (Å²) in [5.74, 6) is -1.08. The zero-order chi connectivity index (χ0) is 36.7. The van der Waals surface area contributed by atoms with Crippen molar-refractivity contribution in [3.63, 3.8) is 0 Å². The van der Waals surface area contributed by atoms with E-state index in [0.717, 1.165) is 42.5 Å². The number of esters is 1. The molecule has 1 saturated heterocycles. The van der Waals surface area contributed by atoms with E-state index in [9.17, 15) is 14.7 Å². The molecule has 9 heterocycles. The average Bonchev–Trinajstić information content (AvgIpc) is 3.94. The maximum absolute atomic E-state index is 12.1. The van der Waals surface area contributed by atoms with E-state index in [2.05, 4.69) is 88.0 Å². The summed E-state index contributed by atoms with van der Waals surface area (Å²) >= 11 is 27.9. The first-order valence-electron chi connectivity index (χ1n) is 15.9. The molecule has 8 aromatic heterocycles. The molecule has 1 aliphatic heterocycles. The molecule has 11 rings (SSSR count). The number of hydrogen-bond acceptors (Lipinski definition) is 12. The Balaban J connectivity index is 0.000000124. The molecule has 0 amide bonds. The van der Waals surface area contributed by atoms with Crippen molar-refractivity contribution in [2.75, 3.05) is 19.8 Å². The molecule has 1 N–H and O–H groups in total. The van der Waals surface area contributed by atoms with Crippen molar-refractivity contribution in [1.29, 1.82) is 0 Å². The van der Waals surface area contributed by atoms with Crippen LogP contribution in [0.4, 0.5) is 0 Å². The maximum Gasteiger partial charge on any atom is 0.348 e. The van der Waals surface area contributed by atoms with Gasteiger partial charge >= 0.3 is 11.9 Å². The second kappa shape index (κ2) is 15.0. The molecule has 270 valence electrons. The Hall–Kier alpha value is -1.06. The number of carbonyl (C=O) groups is 2. The maximum atomic E-state index is 12.1. The molecule has 0 spiro atoms. The van der Waals surface area contributed by atoms with E-state index in [4.69, 9.17) is 9.47 Å². The summed E-state index contributed by atoms with van der Waals surface area (Å²) in [6.45, 7) is 4.23. The number of rotatable bonds is 3. The van der Waals surface area contributed by atoms with Crippen LogP contribution in [-0.2, 0) is 9.47 Å². The van der Waals surface area contributed by atoms with Crippen molar-refractivity contribution in [3.8, 4) is 0 Å². The van der Waals surface area contributed by atoms with E-state index in [-0.39, 0.29) is 5.97 Å². The van der Waals surface area contributed by atoms with Crippen LogP contribution in [0.2, 0.25) is 0 Å². The van der Waals surface area contributed by atoms with Crippen LogP contribution >= 0.6 is 154 Å². The zero-order valence-electron chi connectivity index (χ0n) is 26.9. The topological polar surface area (TPSA) is 72.8 Å². The normalized spacial score (nSPS) is 13.3. The molecule has 5 nitrogen and oxygen atoms in total. The van der Waals surface area contributed by atoms with Gasteiger partial charge in [0.05, 0.1) is 50.0 Å². The molecule has 17 heteroatoms. The third kappa shape index (κ3) is 6.70. The lowest BCUT2D eigenvalue weighted by Gasteiger charge is -1.98. The lowest BCUT2D eigenvalue weighted by atomic mass is 10.1. The SMILES string of the molecule is C1CCOC1.CCOC(=O)c1cc2sc3c4cc(Br)sc4c4sc(Br)cc4c3c2s1.O=C(O)c1cc2sc3c4cc(Br)sc4c4sc(Br)cc4c3c2s1. The van der Waals surface area contributed by atoms with Crippen molar-refractivity contribution >= 4 is 246 Å². The average molecular weight is 1110 g/mol. The third-order valence-corrected chi connectivity index (χ3v) is 20.2. The van der Waals surface area contributed by atoms with E-state index in [1.54, 1.807) is 74.1 Å². The van der Waals surface area contributed by atoms with Gasteiger partial charge in [-0.1, -0.05) is 0 Å². The van der Waals surface area contributed by atoms with Crippen molar-refractivity contribution in [2.45, 2.75) is 19.8 Å². The Labute approximate surface area is 366 Å².